The molecule has 5 heteroatoms. The van der Waals surface area contributed by atoms with Crippen LogP contribution in [0.2, 0.25) is 0 Å². The highest BCUT2D eigenvalue weighted by molar-refractivity contribution is 5.97. The Labute approximate surface area is 108 Å². The Morgan fingerprint density at radius 1 is 1.56 bits per heavy atom. The molecule has 1 aromatic heterocycles. The normalized spacial score (nSPS) is 14.8. The average Bonchev–Trinajstić information content (AvgIpc) is 3.09. The number of nitrogens with zero attached hydrogens (tertiary/aromatic N) is 3. The first kappa shape index (κ1) is 12.9. The lowest BCUT2D eigenvalue weighted by molar-refractivity contribution is 0.0742. The summed E-state index contributed by atoms with van der Waals surface area (Å²) in [6, 6.07) is 0. The molecule has 1 aromatic rings. The van der Waals surface area contributed by atoms with Crippen LogP contribution in [0.1, 0.15) is 43.6 Å². The van der Waals surface area contributed by atoms with Crippen molar-refractivity contribution in [3.8, 4) is 0 Å². The zero-order chi connectivity index (χ0) is 13.1. The maximum atomic E-state index is 12.4. The highest BCUT2D eigenvalue weighted by Crippen LogP contribution is 2.30. The van der Waals surface area contributed by atoms with Crippen LogP contribution in [0, 0.1) is 5.92 Å². The van der Waals surface area contributed by atoms with Crippen molar-refractivity contribution in [2.45, 2.75) is 39.7 Å². The molecule has 2 rings (SSSR count). The molecule has 0 unspecified atom stereocenters. The third-order valence-electron chi connectivity index (χ3n) is 3.27. The van der Waals surface area contributed by atoms with Crippen LogP contribution >= 0.6 is 0 Å². The van der Waals surface area contributed by atoms with E-state index in [2.05, 4.69) is 12.0 Å². The van der Waals surface area contributed by atoms with Crippen LogP contribution in [0.3, 0.4) is 0 Å². The molecule has 0 atom stereocenters. The van der Waals surface area contributed by atoms with Crippen molar-refractivity contribution >= 4 is 11.6 Å². The van der Waals surface area contributed by atoms with Gasteiger partial charge in [-0.05, 0) is 32.1 Å². The fraction of sp³-hybridized carbons (Fsp3) is 0.692. The fourth-order valence-electron chi connectivity index (χ4n) is 2.07. The first-order chi connectivity index (χ1) is 8.65. The Bertz CT molecular complexity index is 423. The van der Waals surface area contributed by atoms with Crippen molar-refractivity contribution < 1.29 is 4.79 Å². The zero-order valence-corrected chi connectivity index (χ0v) is 11.2. The number of aryl methyl sites for hydroxylation is 1. The first-order valence-electron chi connectivity index (χ1n) is 6.77. The van der Waals surface area contributed by atoms with Gasteiger partial charge in [0.2, 0.25) is 0 Å². The van der Waals surface area contributed by atoms with E-state index >= 15 is 0 Å². The van der Waals surface area contributed by atoms with Gasteiger partial charge < -0.3 is 10.6 Å². The van der Waals surface area contributed by atoms with Crippen LogP contribution < -0.4 is 5.73 Å². The molecule has 0 aromatic carbocycles. The average molecular weight is 250 g/mol. The lowest BCUT2D eigenvalue weighted by Gasteiger charge is -2.21. The van der Waals surface area contributed by atoms with Gasteiger partial charge in [-0.25, -0.2) is 0 Å². The quantitative estimate of drug-likeness (QED) is 0.836. The minimum absolute atomic E-state index is 0.0200. The summed E-state index contributed by atoms with van der Waals surface area (Å²) in [5.41, 5.74) is 6.76. The van der Waals surface area contributed by atoms with Gasteiger partial charge in [0.05, 0.1) is 5.69 Å². The number of rotatable bonds is 6. The van der Waals surface area contributed by atoms with Crippen molar-refractivity contribution in [2.75, 3.05) is 18.8 Å². The molecule has 1 saturated carbocycles. The summed E-state index contributed by atoms with van der Waals surface area (Å²) in [6.07, 6.45) is 5.18. The van der Waals surface area contributed by atoms with Crippen LogP contribution in [-0.4, -0.2) is 33.7 Å². The molecule has 0 saturated heterocycles. The number of nitrogens with two attached hydrogens (primary N) is 1. The molecule has 18 heavy (non-hydrogen) atoms. The Morgan fingerprint density at radius 3 is 2.78 bits per heavy atom. The van der Waals surface area contributed by atoms with Crippen molar-refractivity contribution in [3.05, 3.63) is 11.9 Å². The van der Waals surface area contributed by atoms with Gasteiger partial charge in [0, 0.05) is 25.8 Å². The summed E-state index contributed by atoms with van der Waals surface area (Å²) >= 11 is 0. The monoisotopic (exact) mass is 250 g/mol. The van der Waals surface area contributed by atoms with E-state index in [1.165, 1.54) is 12.8 Å². The van der Waals surface area contributed by atoms with Crippen LogP contribution in [0.4, 0.5) is 5.69 Å². The molecular weight excluding hydrogens is 228 g/mol. The van der Waals surface area contributed by atoms with Gasteiger partial charge in [0.25, 0.3) is 5.91 Å². The van der Waals surface area contributed by atoms with Gasteiger partial charge >= 0.3 is 0 Å². The summed E-state index contributed by atoms with van der Waals surface area (Å²) in [4.78, 5) is 14.3. The van der Waals surface area contributed by atoms with E-state index in [0.717, 1.165) is 26.1 Å². The zero-order valence-electron chi connectivity index (χ0n) is 11.2. The number of carbonyl (C=O) groups excluding carboxylic acids is 1. The molecule has 0 spiro atoms. The number of anilines is 1. The number of nitrogen functional groups attached to an aromatic ring is 1. The van der Waals surface area contributed by atoms with Crippen molar-refractivity contribution in [1.29, 1.82) is 0 Å². The van der Waals surface area contributed by atoms with E-state index in [4.69, 9.17) is 5.73 Å². The second kappa shape index (κ2) is 5.42. The molecule has 1 fully saturated rings. The highest BCUT2D eigenvalue weighted by atomic mass is 16.2. The lowest BCUT2D eigenvalue weighted by atomic mass is 10.2. The minimum atomic E-state index is -0.0200. The molecule has 100 valence electrons. The predicted molar refractivity (Wildman–Crippen MR) is 71.2 cm³/mol. The molecule has 1 aliphatic carbocycles. The minimum Gasteiger partial charge on any atom is -0.396 e. The maximum Gasteiger partial charge on any atom is 0.276 e. The van der Waals surface area contributed by atoms with Gasteiger partial charge in [-0.2, -0.15) is 5.10 Å². The largest absolute Gasteiger partial charge is 0.396 e. The van der Waals surface area contributed by atoms with Crippen LogP contribution in [0.5, 0.6) is 0 Å². The number of amides is 1. The number of aromatic nitrogens is 2. The second-order valence-corrected chi connectivity index (χ2v) is 4.98. The van der Waals surface area contributed by atoms with Crippen molar-refractivity contribution in [1.82, 2.24) is 14.7 Å². The summed E-state index contributed by atoms with van der Waals surface area (Å²) in [6.45, 7) is 6.43. The lowest BCUT2D eigenvalue weighted by Crippen LogP contribution is -2.34. The highest BCUT2D eigenvalue weighted by Gasteiger charge is 2.28. The predicted octanol–water partition coefficient (Wildman–Crippen LogP) is 1.75. The van der Waals surface area contributed by atoms with Crippen molar-refractivity contribution in [2.24, 2.45) is 5.92 Å². The Morgan fingerprint density at radius 2 is 2.28 bits per heavy atom. The Kier molecular flexibility index (Phi) is 3.89. The summed E-state index contributed by atoms with van der Waals surface area (Å²) < 4.78 is 1.71. The summed E-state index contributed by atoms with van der Waals surface area (Å²) in [7, 11) is 0. The molecule has 5 nitrogen and oxygen atoms in total. The molecule has 0 aliphatic heterocycles. The summed E-state index contributed by atoms with van der Waals surface area (Å²) in [5, 5.41) is 4.26. The first-order valence-corrected chi connectivity index (χ1v) is 6.77. The van der Waals surface area contributed by atoms with E-state index < -0.39 is 0 Å². The second-order valence-electron chi connectivity index (χ2n) is 4.98. The number of hydrogen-bond donors (Lipinski definition) is 1. The van der Waals surface area contributed by atoms with E-state index in [9.17, 15) is 4.79 Å². The van der Waals surface area contributed by atoms with Gasteiger partial charge in [0.1, 0.15) is 0 Å². The Balaban J connectivity index is 2.12. The topological polar surface area (TPSA) is 64.2 Å². The molecule has 1 heterocycles. The third kappa shape index (κ3) is 2.83. The van der Waals surface area contributed by atoms with E-state index in [1.807, 2.05) is 11.8 Å². The molecule has 1 aliphatic rings. The van der Waals surface area contributed by atoms with Crippen LogP contribution in [-0.2, 0) is 6.54 Å². The van der Waals surface area contributed by atoms with E-state index in [1.54, 1.807) is 10.9 Å². The van der Waals surface area contributed by atoms with Crippen LogP contribution in [0.15, 0.2) is 6.20 Å². The third-order valence-corrected chi connectivity index (χ3v) is 3.27. The number of hydrogen-bond acceptors (Lipinski definition) is 3. The van der Waals surface area contributed by atoms with E-state index in [0.29, 0.717) is 17.3 Å². The summed E-state index contributed by atoms with van der Waals surface area (Å²) in [5.74, 6) is 0.670. The van der Waals surface area contributed by atoms with Gasteiger partial charge in [0.15, 0.2) is 5.69 Å². The fourth-order valence-corrected chi connectivity index (χ4v) is 2.07. The standard InChI is InChI=1S/C13H22N4O/c1-3-7-16(8-10-5-6-10)13(18)12-11(14)9-17(4-2)15-12/h9-10H,3-8,14H2,1-2H3. The smallest absolute Gasteiger partial charge is 0.276 e. The van der Waals surface area contributed by atoms with Crippen molar-refractivity contribution in [3.63, 3.8) is 0 Å². The molecule has 0 radical (unpaired) electrons. The Hall–Kier alpha value is -1.52. The van der Waals surface area contributed by atoms with E-state index in [-0.39, 0.29) is 5.91 Å². The molecule has 0 bridgehead atoms. The van der Waals surface area contributed by atoms with Gasteiger partial charge in [-0.1, -0.05) is 6.92 Å². The SMILES string of the molecule is CCCN(CC1CC1)C(=O)c1nn(CC)cc1N. The number of carbonyl (C=O) groups is 1. The molecular formula is C13H22N4O. The van der Waals surface area contributed by atoms with Gasteiger partial charge in [-0.15, -0.1) is 0 Å². The molecule has 1 amide bonds. The molecule has 2 N–H and O–H groups in total. The van der Waals surface area contributed by atoms with Gasteiger partial charge in [-0.3, -0.25) is 9.48 Å². The van der Waals surface area contributed by atoms with Crippen LogP contribution in [0.25, 0.3) is 0 Å². The maximum absolute atomic E-state index is 12.4.